The Morgan fingerprint density at radius 1 is 1.33 bits per heavy atom. The number of carbonyl (C=O) groups excluding carboxylic acids is 1. The molecule has 0 radical (unpaired) electrons. The number of hydrogen-bond acceptors (Lipinski definition) is 3. The molecule has 1 N–H and O–H groups in total. The zero-order chi connectivity index (χ0) is 17.5. The van der Waals surface area contributed by atoms with Crippen molar-refractivity contribution in [3.63, 3.8) is 0 Å². The van der Waals surface area contributed by atoms with E-state index in [1.807, 2.05) is 55.8 Å². The summed E-state index contributed by atoms with van der Waals surface area (Å²) in [6.07, 6.45) is 2.13. The zero-order valence-electron chi connectivity index (χ0n) is 14.4. The Labute approximate surface area is 141 Å². The van der Waals surface area contributed by atoms with Crippen LogP contribution in [0.2, 0.25) is 0 Å². The highest BCUT2D eigenvalue weighted by Crippen LogP contribution is 2.44. The summed E-state index contributed by atoms with van der Waals surface area (Å²) in [6, 6.07) is 9.96. The normalized spacial score (nSPS) is 17.0. The Morgan fingerprint density at radius 3 is 2.67 bits per heavy atom. The number of carbonyl (C=O) groups is 1. The van der Waals surface area contributed by atoms with Gasteiger partial charge in [-0.2, -0.15) is 5.26 Å². The summed E-state index contributed by atoms with van der Waals surface area (Å²) in [5, 5.41) is 12.6. The maximum absolute atomic E-state index is 12.3. The Kier molecular flexibility index (Phi) is 3.84. The third kappa shape index (κ3) is 2.54. The fraction of sp³-hybridized carbons (Fsp3) is 0.368. The molecule has 0 aliphatic carbocycles. The van der Waals surface area contributed by atoms with Gasteiger partial charge in [-0.25, -0.2) is 0 Å². The summed E-state index contributed by atoms with van der Waals surface area (Å²) in [4.78, 5) is 12.3. The van der Waals surface area contributed by atoms with Crippen LogP contribution in [0.3, 0.4) is 0 Å². The molecule has 5 nitrogen and oxygen atoms in total. The van der Waals surface area contributed by atoms with Crippen LogP contribution in [0.5, 0.6) is 5.75 Å². The molecule has 124 valence electrons. The van der Waals surface area contributed by atoms with Crippen LogP contribution >= 0.6 is 0 Å². The van der Waals surface area contributed by atoms with E-state index in [0.717, 1.165) is 16.9 Å². The highest BCUT2D eigenvalue weighted by atomic mass is 16.5. The van der Waals surface area contributed by atoms with Crippen molar-refractivity contribution in [2.45, 2.75) is 38.6 Å². The summed E-state index contributed by atoms with van der Waals surface area (Å²) in [5.74, 6) is 1.21. The molecular formula is C19H21N3O2. The molecule has 24 heavy (non-hydrogen) atoms. The smallest absolute Gasteiger partial charge is 0.226 e. The topological polar surface area (TPSA) is 67.0 Å². The Bertz CT molecular complexity index is 837. The lowest BCUT2D eigenvalue weighted by molar-refractivity contribution is -0.116. The fourth-order valence-corrected chi connectivity index (χ4v) is 3.31. The van der Waals surface area contributed by atoms with Crippen LogP contribution in [0, 0.1) is 11.3 Å². The van der Waals surface area contributed by atoms with Crippen molar-refractivity contribution >= 4 is 11.7 Å². The first-order chi connectivity index (χ1) is 11.4. The monoisotopic (exact) mass is 323 g/mol. The van der Waals surface area contributed by atoms with Gasteiger partial charge in [-0.1, -0.05) is 18.2 Å². The van der Waals surface area contributed by atoms with Crippen molar-refractivity contribution in [3.05, 3.63) is 47.2 Å². The number of rotatable bonds is 2. The van der Waals surface area contributed by atoms with E-state index in [1.165, 1.54) is 0 Å². The van der Waals surface area contributed by atoms with Crippen molar-refractivity contribution < 1.29 is 9.53 Å². The Balaban J connectivity index is 2.26. The standard InChI is InChI=1S/C19H21N3O2/c1-19(2,3)22-11-12(10-20)17-14(9-16(23)21-18(17)22)13-7-5-6-8-15(13)24-4/h5-8,11,14H,9H2,1-4H3,(H,21,23)/t14-/m0/s1. The number of fused-ring (bicyclic) bond motifs is 1. The summed E-state index contributed by atoms with van der Waals surface area (Å²) in [7, 11) is 1.62. The molecule has 1 atom stereocenters. The second-order valence-corrected chi connectivity index (χ2v) is 7.00. The Hall–Kier alpha value is -2.74. The summed E-state index contributed by atoms with van der Waals surface area (Å²) in [5.41, 5.74) is 2.15. The van der Waals surface area contributed by atoms with Crippen molar-refractivity contribution in [2.24, 2.45) is 0 Å². The summed E-state index contributed by atoms with van der Waals surface area (Å²) in [6.45, 7) is 6.15. The van der Waals surface area contributed by atoms with Gasteiger partial charge < -0.3 is 14.6 Å². The number of para-hydroxylation sites is 1. The van der Waals surface area contributed by atoms with Gasteiger partial charge in [0.2, 0.25) is 5.91 Å². The number of nitrogens with one attached hydrogen (secondary N) is 1. The van der Waals surface area contributed by atoms with Crippen LogP contribution in [-0.2, 0) is 10.3 Å². The van der Waals surface area contributed by atoms with Crippen molar-refractivity contribution in [1.82, 2.24) is 4.57 Å². The van der Waals surface area contributed by atoms with E-state index in [0.29, 0.717) is 17.8 Å². The lowest BCUT2D eigenvalue weighted by atomic mass is 9.84. The third-order valence-electron chi connectivity index (χ3n) is 4.40. The lowest BCUT2D eigenvalue weighted by Gasteiger charge is -2.30. The van der Waals surface area contributed by atoms with Gasteiger partial charge in [0.1, 0.15) is 17.6 Å². The Morgan fingerprint density at radius 2 is 2.04 bits per heavy atom. The molecule has 0 saturated heterocycles. The van der Waals surface area contributed by atoms with E-state index >= 15 is 0 Å². The van der Waals surface area contributed by atoms with Crippen LogP contribution in [-0.4, -0.2) is 17.6 Å². The van der Waals surface area contributed by atoms with E-state index in [4.69, 9.17) is 4.74 Å². The minimum atomic E-state index is -0.241. The second-order valence-electron chi connectivity index (χ2n) is 7.00. The van der Waals surface area contributed by atoms with Crippen LogP contribution in [0.1, 0.15) is 49.8 Å². The highest BCUT2D eigenvalue weighted by molar-refractivity contribution is 5.95. The predicted octanol–water partition coefficient (Wildman–Crippen LogP) is 3.60. The molecule has 0 fully saturated rings. The van der Waals surface area contributed by atoms with E-state index in [1.54, 1.807) is 7.11 Å². The molecule has 0 bridgehead atoms. The van der Waals surface area contributed by atoms with Crippen molar-refractivity contribution in [2.75, 3.05) is 12.4 Å². The SMILES string of the molecule is COc1ccccc1[C@@H]1CC(=O)Nc2c1c(C#N)cn2C(C)(C)C. The van der Waals surface area contributed by atoms with Gasteiger partial charge in [0.25, 0.3) is 0 Å². The third-order valence-corrected chi connectivity index (χ3v) is 4.40. The van der Waals surface area contributed by atoms with Crippen LogP contribution in [0.25, 0.3) is 0 Å². The molecule has 1 aromatic heterocycles. The van der Waals surface area contributed by atoms with Crippen molar-refractivity contribution in [3.8, 4) is 11.8 Å². The van der Waals surface area contributed by atoms with E-state index in [9.17, 15) is 10.1 Å². The average Bonchev–Trinajstić information content (AvgIpc) is 2.92. The molecule has 5 heteroatoms. The fourth-order valence-electron chi connectivity index (χ4n) is 3.31. The van der Waals surface area contributed by atoms with Gasteiger partial charge in [-0.15, -0.1) is 0 Å². The van der Waals surface area contributed by atoms with Gasteiger partial charge in [-0.3, -0.25) is 4.79 Å². The number of nitriles is 1. The molecule has 1 aromatic carbocycles. The number of hydrogen-bond donors (Lipinski definition) is 1. The molecule has 3 rings (SSSR count). The number of anilines is 1. The first-order valence-electron chi connectivity index (χ1n) is 7.95. The quantitative estimate of drug-likeness (QED) is 0.918. The number of amides is 1. The molecule has 0 spiro atoms. The van der Waals surface area contributed by atoms with Gasteiger partial charge in [0, 0.05) is 35.2 Å². The van der Waals surface area contributed by atoms with Crippen LogP contribution < -0.4 is 10.1 Å². The van der Waals surface area contributed by atoms with Gasteiger partial charge in [-0.05, 0) is 26.8 Å². The van der Waals surface area contributed by atoms with Gasteiger partial charge in [0.05, 0.1) is 12.7 Å². The predicted molar refractivity (Wildman–Crippen MR) is 92.2 cm³/mol. The number of ether oxygens (including phenoxy) is 1. The van der Waals surface area contributed by atoms with E-state index < -0.39 is 0 Å². The molecule has 1 amide bonds. The molecular weight excluding hydrogens is 302 g/mol. The minimum absolute atomic E-state index is 0.0495. The lowest BCUT2D eigenvalue weighted by Crippen LogP contribution is -2.29. The largest absolute Gasteiger partial charge is 0.496 e. The second kappa shape index (κ2) is 5.72. The first kappa shape index (κ1) is 16.1. The molecule has 0 unspecified atom stereocenters. The summed E-state index contributed by atoms with van der Waals surface area (Å²) >= 11 is 0. The number of methoxy groups -OCH3 is 1. The number of nitrogens with zero attached hydrogens (tertiary/aromatic N) is 2. The number of benzene rings is 1. The summed E-state index contributed by atoms with van der Waals surface area (Å²) < 4.78 is 7.45. The van der Waals surface area contributed by atoms with Crippen LogP contribution in [0.15, 0.2) is 30.5 Å². The zero-order valence-corrected chi connectivity index (χ0v) is 14.4. The molecule has 0 saturated carbocycles. The molecule has 1 aliphatic heterocycles. The van der Waals surface area contributed by atoms with Gasteiger partial charge >= 0.3 is 0 Å². The molecule has 2 aromatic rings. The molecule has 2 heterocycles. The van der Waals surface area contributed by atoms with E-state index in [-0.39, 0.29) is 17.4 Å². The molecule has 1 aliphatic rings. The number of aromatic nitrogens is 1. The van der Waals surface area contributed by atoms with E-state index in [2.05, 4.69) is 11.4 Å². The minimum Gasteiger partial charge on any atom is -0.496 e. The van der Waals surface area contributed by atoms with Gasteiger partial charge in [0.15, 0.2) is 0 Å². The van der Waals surface area contributed by atoms with Crippen molar-refractivity contribution in [1.29, 1.82) is 5.26 Å². The maximum Gasteiger partial charge on any atom is 0.226 e. The maximum atomic E-state index is 12.3. The first-order valence-corrected chi connectivity index (χ1v) is 7.95. The van der Waals surface area contributed by atoms with Crippen LogP contribution in [0.4, 0.5) is 5.82 Å². The highest BCUT2D eigenvalue weighted by Gasteiger charge is 2.35. The average molecular weight is 323 g/mol.